The van der Waals surface area contributed by atoms with Crippen LogP contribution < -0.4 is 5.73 Å². The van der Waals surface area contributed by atoms with Gasteiger partial charge in [-0.15, -0.1) is 0 Å². The predicted octanol–water partition coefficient (Wildman–Crippen LogP) is 4.76. The number of hydrogen-bond donors (Lipinski definition) is 1. The summed E-state index contributed by atoms with van der Waals surface area (Å²) < 4.78 is 0. The molecule has 0 saturated heterocycles. The predicted molar refractivity (Wildman–Crippen MR) is 81.2 cm³/mol. The van der Waals surface area contributed by atoms with E-state index >= 15 is 0 Å². The van der Waals surface area contributed by atoms with Gasteiger partial charge >= 0.3 is 0 Å². The average molecular weight is 285 g/mol. The number of benzene rings is 1. The minimum Gasteiger partial charge on any atom is -0.387 e. The maximum Gasteiger partial charge on any atom is 0.105 e. The zero-order valence-electron chi connectivity index (χ0n) is 10.9. The van der Waals surface area contributed by atoms with Gasteiger partial charge in [0.1, 0.15) is 5.84 Å². The molecule has 1 aromatic carbocycles. The van der Waals surface area contributed by atoms with Gasteiger partial charge in [-0.25, -0.2) is 4.99 Å². The molecule has 0 aliphatic carbocycles. The lowest BCUT2D eigenvalue weighted by Crippen LogP contribution is -2.30. The highest BCUT2D eigenvalue weighted by atomic mass is 35.5. The third kappa shape index (κ3) is 4.04. The van der Waals surface area contributed by atoms with Crippen molar-refractivity contribution in [2.45, 2.75) is 27.2 Å². The minimum atomic E-state index is -0.0814. The Hall–Kier alpha value is -0.990. The molecule has 0 aromatic heterocycles. The molecule has 0 aliphatic rings. The van der Waals surface area contributed by atoms with Crippen molar-refractivity contribution in [3.63, 3.8) is 0 Å². The molecule has 0 atom stereocenters. The molecular formula is C14H18Cl2N2. The van der Waals surface area contributed by atoms with Crippen LogP contribution in [0.25, 0.3) is 6.08 Å². The molecule has 0 bridgehead atoms. The number of hydrogen-bond acceptors (Lipinski definition) is 1. The van der Waals surface area contributed by atoms with Gasteiger partial charge in [-0.2, -0.15) is 0 Å². The van der Waals surface area contributed by atoms with Crippen LogP contribution in [-0.4, -0.2) is 5.84 Å². The molecule has 1 aromatic rings. The lowest BCUT2D eigenvalue weighted by atomic mass is 9.89. The fraction of sp³-hybridized carbons (Fsp3) is 0.357. The second-order valence-electron chi connectivity index (χ2n) is 4.74. The third-order valence-corrected chi connectivity index (χ3v) is 3.74. The highest BCUT2D eigenvalue weighted by molar-refractivity contribution is 6.42. The van der Waals surface area contributed by atoms with Gasteiger partial charge in [0.25, 0.3) is 0 Å². The monoisotopic (exact) mass is 284 g/mol. The summed E-state index contributed by atoms with van der Waals surface area (Å²) in [4.78, 5) is 4.25. The average Bonchev–Trinajstić information content (AvgIpc) is 2.33. The van der Waals surface area contributed by atoms with Crippen LogP contribution in [-0.2, 0) is 0 Å². The molecular weight excluding hydrogens is 267 g/mol. The lowest BCUT2D eigenvalue weighted by Gasteiger charge is -2.20. The summed E-state index contributed by atoms with van der Waals surface area (Å²) >= 11 is 11.8. The summed E-state index contributed by atoms with van der Waals surface area (Å²) in [5.41, 5.74) is 6.79. The quantitative estimate of drug-likeness (QED) is 0.628. The molecule has 2 nitrogen and oxygen atoms in total. The Morgan fingerprint density at radius 1 is 1.33 bits per heavy atom. The SMILES string of the molecule is CCC(C)(C)C(N)=N/C=C/c1ccc(Cl)c(Cl)c1. The van der Waals surface area contributed by atoms with E-state index in [4.69, 9.17) is 28.9 Å². The zero-order valence-corrected chi connectivity index (χ0v) is 12.4. The van der Waals surface area contributed by atoms with E-state index in [9.17, 15) is 0 Å². The second-order valence-corrected chi connectivity index (χ2v) is 5.56. The Labute approximate surface area is 119 Å². The van der Waals surface area contributed by atoms with Crippen LogP contribution in [0.1, 0.15) is 32.8 Å². The maximum absolute atomic E-state index is 5.93. The topological polar surface area (TPSA) is 38.4 Å². The molecule has 18 heavy (non-hydrogen) atoms. The number of aliphatic imine (C=N–C) groups is 1. The van der Waals surface area contributed by atoms with Crippen molar-refractivity contribution < 1.29 is 0 Å². The number of amidine groups is 1. The fourth-order valence-corrected chi connectivity index (χ4v) is 1.48. The van der Waals surface area contributed by atoms with Crippen molar-refractivity contribution >= 4 is 35.1 Å². The summed E-state index contributed by atoms with van der Waals surface area (Å²) in [6.45, 7) is 6.22. The summed E-state index contributed by atoms with van der Waals surface area (Å²) in [7, 11) is 0. The number of nitrogens with zero attached hydrogens (tertiary/aromatic N) is 1. The normalized spacial score (nSPS) is 13.3. The summed E-state index contributed by atoms with van der Waals surface area (Å²) in [6.07, 6.45) is 4.48. The van der Waals surface area contributed by atoms with Gasteiger partial charge in [0.2, 0.25) is 0 Å². The fourth-order valence-electron chi connectivity index (χ4n) is 1.18. The first-order chi connectivity index (χ1) is 8.36. The third-order valence-electron chi connectivity index (χ3n) is 3.00. The van der Waals surface area contributed by atoms with Gasteiger partial charge in [-0.05, 0) is 30.2 Å². The summed E-state index contributed by atoms with van der Waals surface area (Å²) in [5, 5.41) is 1.08. The molecule has 0 saturated carbocycles. The van der Waals surface area contributed by atoms with E-state index in [1.807, 2.05) is 12.1 Å². The van der Waals surface area contributed by atoms with Crippen LogP contribution in [0.3, 0.4) is 0 Å². The van der Waals surface area contributed by atoms with E-state index in [0.29, 0.717) is 15.9 Å². The molecule has 0 fully saturated rings. The van der Waals surface area contributed by atoms with Crippen molar-refractivity contribution in [2.24, 2.45) is 16.1 Å². The summed E-state index contributed by atoms with van der Waals surface area (Å²) in [6, 6.07) is 5.42. The van der Waals surface area contributed by atoms with Gasteiger partial charge < -0.3 is 5.73 Å². The van der Waals surface area contributed by atoms with Gasteiger partial charge in [-0.3, -0.25) is 0 Å². The van der Waals surface area contributed by atoms with E-state index in [2.05, 4.69) is 25.8 Å². The van der Waals surface area contributed by atoms with Crippen molar-refractivity contribution in [1.29, 1.82) is 0 Å². The van der Waals surface area contributed by atoms with Crippen LogP contribution in [0, 0.1) is 5.41 Å². The van der Waals surface area contributed by atoms with Crippen LogP contribution in [0.2, 0.25) is 10.0 Å². The van der Waals surface area contributed by atoms with Crippen molar-refractivity contribution in [3.05, 3.63) is 40.0 Å². The Morgan fingerprint density at radius 3 is 2.56 bits per heavy atom. The highest BCUT2D eigenvalue weighted by Gasteiger charge is 2.19. The number of halogens is 2. The minimum absolute atomic E-state index is 0.0814. The molecule has 0 spiro atoms. The van der Waals surface area contributed by atoms with Gasteiger partial charge in [0.05, 0.1) is 10.0 Å². The molecule has 0 unspecified atom stereocenters. The van der Waals surface area contributed by atoms with E-state index in [1.54, 1.807) is 18.3 Å². The summed E-state index contributed by atoms with van der Waals surface area (Å²) in [5.74, 6) is 0.626. The largest absolute Gasteiger partial charge is 0.387 e. The Balaban J connectivity index is 2.82. The first kappa shape index (κ1) is 15.1. The molecule has 4 heteroatoms. The molecule has 98 valence electrons. The van der Waals surface area contributed by atoms with Gasteiger partial charge in [0.15, 0.2) is 0 Å². The van der Waals surface area contributed by atoms with Crippen molar-refractivity contribution in [1.82, 2.24) is 0 Å². The van der Waals surface area contributed by atoms with E-state index in [0.717, 1.165) is 12.0 Å². The second kappa shape index (κ2) is 6.26. The Bertz CT molecular complexity index is 477. The van der Waals surface area contributed by atoms with Gasteiger partial charge in [-0.1, -0.05) is 50.0 Å². The van der Waals surface area contributed by atoms with Crippen LogP contribution in [0.4, 0.5) is 0 Å². The molecule has 0 heterocycles. The Kier molecular flexibility index (Phi) is 5.24. The van der Waals surface area contributed by atoms with Crippen LogP contribution in [0.5, 0.6) is 0 Å². The Morgan fingerprint density at radius 2 is 2.00 bits per heavy atom. The number of nitrogens with two attached hydrogens (primary N) is 1. The van der Waals surface area contributed by atoms with Crippen molar-refractivity contribution in [3.8, 4) is 0 Å². The van der Waals surface area contributed by atoms with Crippen LogP contribution >= 0.6 is 23.2 Å². The maximum atomic E-state index is 5.93. The lowest BCUT2D eigenvalue weighted by molar-refractivity contribution is 0.498. The molecule has 0 aliphatic heterocycles. The van der Waals surface area contributed by atoms with Gasteiger partial charge in [0, 0.05) is 11.6 Å². The number of rotatable bonds is 4. The molecule has 2 N–H and O–H groups in total. The molecule has 0 radical (unpaired) electrons. The van der Waals surface area contributed by atoms with E-state index < -0.39 is 0 Å². The molecule has 1 rings (SSSR count). The van der Waals surface area contributed by atoms with E-state index in [1.165, 1.54) is 0 Å². The smallest absolute Gasteiger partial charge is 0.105 e. The van der Waals surface area contributed by atoms with E-state index in [-0.39, 0.29) is 5.41 Å². The highest BCUT2D eigenvalue weighted by Crippen LogP contribution is 2.23. The van der Waals surface area contributed by atoms with Crippen LogP contribution in [0.15, 0.2) is 29.4 Å². The van der Waals surface area contributed by atoms with Crippen molar-refractivity contribution in [2.75, 3.05) is 0 Å². The first-order valence-corrected chi connectivity index (χ1v) is 6.58. The zero-order chi connectivity index (χ0) is 13.8. The molecule has 0 amide bonds. The first-order valence-electron chi connectivity index (χ1n) is 5.82. The standard InChI is InChI=1S/C14H18Cl2N2/c1-4-14(2,3)13(17)18-8-7-10-5-6-11(15)12(16)9-10/h5-9H,4H2,1-3H3,(H2,17,18)/b8-7+.